The van der Waals surface area contributed by atoms with Crippen molar-refractivity contribution >= 4 is 6.08 Å². The van der Waals surface area contributed by atoms with Gasteiger partial charge in [-0.1, -0.05) is 37.3 Å². The molecule has 0 atom stereocenters. The van der Waals surface area contributed by atoms with E-state index in [1.807, 2.05) is 12.1 Å². The van der Waals surface area contributed by atoms with E-state index in [0.717, 1.165) is 36.1 Å². The van der Waals surface area contributed by atoms with E-state index in [0.29, 0.717) is 6.61 Å². The van der Waals surface area contributed by atoms with Crippen LogP contribution in [0.15, 0.2) is 36.4 Å². The molecule has 1 aromatic rings. The minimum absolute atomic E-state index is 0.483. The Morgan fingerprint density at radius 3 is 2.81 bits per heavy atom. The molecular formula is C18H25NO2. The summed E-state index contributed by atoms with van der Waals surface area (Å²) in [6.45, 7) is 7.30. The average molecular weight is 287 g/mol. The predicted molar refractivity (Wildman–Crippen MR) is 88.0 cm³/mol. The topological polar surface area (TPSA) is 30.5 Å². The Balaban J connectivity index is 2.07. The molecule has 114 valence electrons. The molecule has 3 heteroatoms. The van der Waals surface area contributed by atoms with E-state index in [4.69, 9.17) is 9.47 Å². The van der Waals surface area contributed by atoms with Gasteiger partial charge in [0.15, 0.2) is 11.5 Å². The number of rotatable bonds is 9. The third kappa shape index (κ3) is 4.94. The first kappa shape index (κ1) is 15.6. The second-order valence-electron chi connectivity index (χ2n) is 5.32. The van der Waals surface area contributed by atoms with Crippen LogP contribution in [-0.4, -0.2) is 26.3 Å². The van der Waals surface area contributed by atoms with Crippen molar-refractivity contribution in [3.05, 3.63) is 42.0 Å². The van der Waals surface area contributed by atoms with Gasteiger partial charge in [0.25, 0.3) is 0 Å². The Morgan fingerprint density at radius 1 is 1.38 bits per heavy atom. The van der Waals surface area contributed by atoms with Crippen molar-refractivity contribution in [2.75, 3.05) is 20.3 Å². The van der Waals surface area contributed by atoms with Crippen molar-refractivity contribution in [2.24, 2.45) is 0 Å². The van der Waals surface area contributed by atoms with Crippen molar-refractivity contribution in [2.45, 2.75) is 32.2 Å². The Labute approximate surface area is 127 Å². The standard InChI is InChI=1S/C18H25NO2/c1-4-10-21-17-9-6-15(12-18(17)20-3)11-14(5-2)13-19-16-7-8-16/h4,6,9,11-12,16,19H,1,5,7-8,10,13H2,2-3H3. The van der Waals surface area contributed by atoms with Crippen LogP contribution >= 0.6 is 0 Å². The summed E-state index contributed by atoms with van der Waals surface area (Å²) in [5.74, 6) is 1.51. The smallest absolute Gasteiger partial charge is 0.161 e. The molecule has 1 fully saturated rings. The highest BCUT2D eigenvalue weighted by Crippen LogP contribution is 2.29. The van der Waals surface area contributed by atoms with E-state index in [1.54, 1.807) is 13.2 Å². The SMILES string of the molecule is C=CCOc1ccc(C=C(CC)CNC2CC2)cc1OC. The van der Waals surface area contributed by atoms with Crippen LogP contribution in [0.5, 0.6) is 11.5 Å². The van der Waals surface area contributed by atoms with Gasteiger partial charge in [0.05, 0.1) is 7.11 Å². The molecule has 0 aliphatic heterocycles. The second-order valence-corrected chi connectivity index (χ2v) is 5.32. The lowest BCUT2D eigenvalue weighted by Gasteiger charge is -2.11. The summed E-state index contributed by atoms with van der Waals surface area (Å²) in [6.07, 6.45) is 7.65. The van der Waals surface area contributed by atoms with Crippen LogP contribution < -0.4 is 14.8 Å². The van der Waals surface area contributed by atoms with Gasteiger partial charge in [-0.25, -0.2) is 0 Å². The lowest BCUT2D eigenvalue weighted by Crippen LogP contribution is -2.18. The minimum Gasteiger partial charge on any atom is -0.493 e. The fraction of sp³-hybridized carbons (Fsp3) is 0.444. The highest BCUT2D eigenvalue weighted by molar-refractivity contribution is 5.58. The molecule has 0 spiro atoms. The van der Waals surface area contributed by atoms with Crippen LogP contribution in [-0.2, 0) is 0 Å². The third-order valence-electron chi connectivity index (χ3n) is 3.56. The van der Waals surface area contributed by atoms with Gasteiger partial charge in [-0.05, 0) is 37.0 Å². The van der Waals surface area contributed by atoms with Gasteiger partial charge < -0.3 is 14.8 Å². The molecule has 1 aliphatic carbocycles. The van der Waals surface area contributed by atoms with E-state index >= 15 is 0 Å². The Kier molecular flexibility index (Phi) is 5.88. The van der Waals surface area contributed by atoms with Gasteiger partial charge in [0, 0.05) is 12.6 Å². The van der Waals surface area contributed by atoms with Crippen LogP contribution in [0.25, 0.3) is 6.08 Å². The number of methoxy groups -OCH3 is 1. The summed E-state index contributed by atoms with van der Waals surface area (Å²) >= 11 is 0. The van der Waals surface area contributed by atoms with Crippen molar-refractivity contribution < 1.29 is 9.47 Å². The lowest BCUT2D eigenvalue weighted by molar-refractivity contribution is 0.326. The molecule has 0 bridgehead atoms. The molecule has 1 aliphatic rings. The normalized spacial score (nSPS) is 14.9. The molecule has 0 unspecified atom stereocenters. The molecule has 0 radical (unpaired) electrons. The number of benzene rings is 1. The number of ether oxygens (including phenoxy) is 2. The summed E-state index contributed by atoms with van der Waals surface area (Å²) in [5, 5.41) is 3.56. The monoisotopic (exact) mass is 287 g/mol. The average Bonchev–Trinajstić information content (AvgIpc) is 3.34. The van der Waals surface area contributed by atoms with Gasteiger partial charge in [0.1, 0.15) is 6.61 Å². The fourth-order valence-corrected chi connectivity index (χ4v) is 2.12. The highest BCUT2D eigenvalue weighted by Gasteiger charge is 2.20. The Morgan fingerprint density at radius 2 is 2.19 bits per heavy atom. The zero-order chi connectivity index (χ0) is 15.1. The van der Waals surface area contributed by atoms with Crippen LogP contribution in [0.1, 0.15) is 31.7 Å². The maximum atomic E-state index is 5.57. The summed E-state index contributed by atoms with van der Waals surface area (Å²) in [7, 11) is 1.67. The molecule has 1 aromatic carbocycles. The van der Waals surface area contributed by atoms with Gasteiger partial charge in [-0.3, -0.25) is 0 Å². The molecule has 3 nitrogen and oxygen atoms in total. The van der Waals surface area contributed by atoms with E-state index < -0.39 is 0 Å². The number of hydrogen-bond acceptors (Lipinski definition) is 3. The van der Waals surface area contributed by atoms with Crippen molar-refractivity contribution in [3.8, 4) is 11.5 Å². The third-order valence-corrected chi connectivity index (χ3v) is 3.56. The van der Waals surface area contributed by atoms with E-state index in [2.05, 4.69) is 31.0 Å². The second kappa shape index (κ2) is 7.89. The maximum absolute atomic E-state index is 5.57. The lowest BCUT2D eigenvalue weighted by atomic mass is 10.1. The summed E-state index contributed by atoms with van der Waals surface area (Å²) in [4.78, 5) is 0. The molecule has 0 aromatic heterocycles. The summed E-state index contributed by atoms with van der Waals surface area (Å²) in [5.41, 5.74) is 2.55. The number of hydrogen-bond donors (Lipinski definition) is 1. The highest BCUT2D eigenvalue weighted by atomic mass is 16.5. The fourth-order valence-electron chi connectivity index (χ4n) is 2.12. The first-order chi connectivity index (χ1) is 10.3. The van der Waals surface area contributed by atoms with E-state index in [9.17, 15) is 0 Å². The zero-order valence-electron chi connectivity index (χ0n) is 13.0. The van der Waals surface area contributed by atoms with E-state index in [-0.39, 0.29) is 0 Å². The first-order valence-electron chi connectivity index (χ1n) is 7.61. The molecule has 2 rings (SSSR count). The molecule has 1 saturated carbocycles. The zero-order valence-corrected chi connectivity index (χ0v) is 13.0. The molecule has 0 amide bonds. The van der Waals surface area contributed by atoms with Crippen LogP contribution in [0, 0.1) is 0 Å². The molecular weight excluding hydrogens is 262 g/mol. The molecule has 1 N–H and O–H groups in total. The van der Waals surface area contributed by atoms with Crippen molar-refractivity contribution in [1.29, 1.82) is 0 Å². The van der Waals surface area contributed by atoms with Gasteiger partial charge in [-0.15, -0.1) is 0 Å². The Bertz CT molecular complexity index is 504. The number of nitrogens with one attached hydrogen (secondary N) is 1. The molecule has 0 heterocycles. The van der Waals surface area contributed by atoms with Gasteiger partial charge >= 0.3 is 0 Å². The largest absolute Gasteiger partial charge is 0.493 e. The van der Waals surface area contributed by atoms with Crippen molar-refractivity contribution in [1.82, 2.24) is 5.32 Å². The minimum atomic E-state index is 0.483. The summed E-state index contributed by atoms with van der Waals surface area (Å²) in [6, 6.07) is 6.78. The van der Waals surface area contributed by atoms with Crippen LogP contribution in [0.4, 0.5) is 0 Å². The molecule has 0 saturated heterocycles. The van der Waals surface area contributed by atoms with Gasteiger partial charge in [0.2, 0.25) is 0 Å². The predicted octanol–water partition coefficient (Wildman–Crippen LogP) is 3.81. The van der Waals surface area contributed by atoms with Crippen molar-refractivity contribution in [3.63, 3.8) is 0 Å². The first-order valence-corrected chi connectivity index (χ1v) is 7.61. The maximum Gasteiger partial charge on any atom is 0.161 e. The Hall–Kier alpha value is -1.74. The van der Waals surface area contributed by atoms with E-state index in [1.165, 1.54) is 18.4 Å². The summed E-state index contributed by atoms with van der Waals surface area (Å²) < 4.78 is 11.0. The van der Waals surface area contributed by atoms with Crippen LogP contribution in [0.3, 0.4) is 0 Å². The van der Waals surface area contributed by atoms with Gasteiger partial charge in [-0.2, -0.15) is 0 Å². The van der Waals surface area contributed by atoms with Crippen LogP contribution in [0.2, 0.25) is 0 Å². The molecule has 21 heavy (non-hydrogen) atoms. The quantitative estimate of drug-likeness (QED) is 0.701.